The van der Waals surface area contributed by atoms with Crippen LogP contribution in [0.3, 0.4) is 0 Å². The van der Waals surface area contributed by atoms with Crippen LogP contribution in [0.1, 0.15) is 31.7 Å². The Morgan fingerprint density at radius 2 is 2.10 bits per heavy atom. The van der Waals surface area contributed by atoms with Gasteiger partial charge >= 0.3 is 6.09 Å². The van der Waals surface area contributed by atoms with Crippen molar-refractivity contribution in [2.24, 2.45) is 0 Å². The minimum Gasteiger partial charge on any atom is -0.445 e. The lowest BCUT2D eigenvalue weighted by molar-refractivity contribution is -0.123. The van der Waals surface area contributed by atoms with E-state index in [0.29, 0.717) is 6.42 Å². The number of rotatable bonds is 3. The lowest BCUT2D eigenvalue weighted by Crippen LogP contribution is -2.47. The predicted molar refractivity (Wildman–Crippen MR) is 75.0 cm³/mol. The van der Waals surface area contributed by atoms with E-state index in [2.05, 4.69) is 10.6 Å². The molecule has 0 unspecified atom stereocenters. The zero-order valence-corrected chi connectivity index (χ0v) is 11.6. The van der Waals surface area contributed by atoms with Crippen LogP contribution in [0.15, 0.2) is 30.3 Å². The van der Waals surface area contributed by atoms with Crippen LogP contribution in [0.4, 0.5) is 4.79 Å². The summed E-state index contributed by atoms with van der Waals surface area (Å²) in [6.07, 6.45) is 1.94. The summed E-state index contributed by atoms with van der Waals surface area (Å²) >= 11 is 0. The smallest absolute Gasteiger partial charge is 0.408 e. The number of hydrogen-bond donors (Lipinski definition) is 2. The Labute approximate surface area is 118 Å². The molecule has 0 aromatic heterocycles. The van der Waals surface area contributed by atoms with Crippen molar-refractivity contribution in [3.05, 3.63) is 35.9 Å². The van der Waals surface area contributed by atoms with Gasteiger partial charge < -0.3 is 15.4 Å². The molecule has 2 amide bonds. The molecule has 0 bridgehead atoms. The summed E-state index contributed by atoms with van der Waals surface area (Å²) in [5.41, 5.74) is 0.918. The average Bonchev–Trinajstić information content (AvgIpc) is 2.59. The standard InChI is InChI=1S/C15H20N2O3/c1-11-6-5-9-13(14(18)16-11)17-15(19)20-10-12-7-3-2-4-8-12/h2-4,7-8,11,13H,5-6,9-10H2,1H3,(H,16,18)(H,17,19)/t11-,13-/m0/s1. The van der Waals surface area contributed by atoms with Gasteiger partial charge in [0.25, 0.3) is 0 Å². The van der Waals surface area contributed by atoms with E-state index in [1.807, 2.05) is 37.3 Å². The molecule has 108 valence electrons. The molecule has 1 fully saturated rings. The molecule has 2 atom stereocenters. The minimum atomic E-state index is -0.552. The molecule has 1 aromatic rings. The quantitative estimate of drug-likeness (QED) is 0.887. The van der Waals surface area contributed by atoms with E-state index in [4.69, 9.17) is 4.74 Å². The minimum absolute atomic E-state index is 0.133. The fraction of sp³-hybridized carbons (Fsp3) is 0.467. The molecule has 5 heteroatoms. The summed E-state index contributed by atoms with van der Waals surface area (Å²) in [5, 5.41) is 5.49. The first-order chi connectivity index (χ1) is 9.65. The molecule has 2 N–H and O–H groups in total. The molecule has 2 rings (SSSR count). The second kappa shape index (κ2) is 6.93. The van der Waals surface area contributed by atoms with E-state index in [0.717, 1.165) is 18.4 Å². The van der Waals surface area contributed by atoms with Crippen LogP contribution in [0, 0.1) is 0 Å². The van der Waals surface area contributed by atoms with Crippen molar-refractivity contribution >= 4 is 12.0 Å². The van der Waals surface area contributed by atoms with Crippen molar-refractivity contribution < 1.29 is 14.3 Å². The summed E-state index contributed by atoms with van der Waals surface area (Å²) < 4.78 is 5.12. The zero-order chi connectivity index (χ0) is 14.4. The Morgan fingerprint density at radius 3 is 2.85 bits per heavy atom. The van der Waals surface area contributed by atoms with Crippen molar-refractivity contribution in [3.63, 3.8) is 0 Å². The van der Waals surface area contributed by atoms with Crippen LogP contribution in [0.5, 0.6) is 0 Å². The Kier molecular flexibility index (Phi) is 4.98. The number of hydrogen-bond acceptors (Lipinski definition) is 3. The van der Waals surface area contributed by atoms with Crippen LogP contribution in [-0.4, -0.2) is 24.1 Å². The maximum absolute atomic E-state index is 11.9. The molecular formula is C15H20N2O3. The number of amides is 2. The SMILES string of the molecule is C[C@H]1CCC[C@H](NC(=O)OCc2ccccc2)C(=O)N1. The second-order valence-corrected chi connectivity index (χ2v) is 5.10. The summed E-state index contributed by atoms with van der Waals surface area (Å²) in [6.45, 7) is 2.17. The van der Waals surface area contributed by atoms with Crippen molar-refractivity contribution in [1.29, 1.82) is 0 Å². The van der Waals surface area contributed by atoms with Crippen molar-refractivity contribution in [2.45, 2.75) is 44.9 Å². The van der Waals surface area contributed by atoms with Gasteiger partial charge in [0.15, 0.2) is 0 Å². The van der Waals surface area contributed by atoms with Crippen LogP contribution in [0.25, 0.3) is 0 Å². The van der Waals surface area contributed by atoms with Gasteiger partial charge in [0.1, 0.15) is 12.6 Å². The van der Waals surface area contributed by atoms with Crippen LogP contribution in [-0.2, 0) is 16.1 Å². The van der Waals surface area contributed by atoms with Crippen molar-refractivity contribution in [2.75, 3.05) is 0 Å². The summed E-state index contributed by atoms with van der Waals surface area (Å²) in [4.78, 5) is 23.6. The van der Waals surface area contributed by atoms with E-state index in [1.54, 1.807) is 0 Å². The Hall–Kier alpha value is -2.04. The largest absolute Gasteiger partial charge is 0.445 e. The monoisotopic (exact) mass is 276 g/mol. The molecule has 0 saturated carbocycles. The zero-order valence-electron chi connectivity index (χ0n) is 11.6. The van der Waals surface area contributed by atoms with Crippen molar-refractivity contribution in [3.8, 4) is 0 Å². The van der Waals surface area contributed by atoms with E-state index in [-0.39, 0.29) is 18.6 Å². The lowest BCUT2D eigenvalue weighted by Gasteiger charge is -2.16. The third kappa shape index (κ3) is 4.26. The highest BCUT2D eigenvalue weighted by molar-refractivity contribution is 5.85. The normalized spacial score (nSPS) is 22.6. The van der Waals surface area contributed by atoms with Crippen LogP contribution >= 0.6 is 0 Å². The highest BCUT2D eigenvalue weighted by Crippen LogP contribution is 2.10. The molecule has 1 aromatic carbocycles. The maximum Gasteiger partial charge on any atom is 0.408 e. The molecule has 5 nitrogen and oxygen atoms in total. The summed E-state index contributed by atoms with van der Waals surface area (Å²) in [6, 6.07) is 9.10. The molecular weight excluding hydrogens is 256 g/mol. The van der Waals surface area contributed by atoms with E-state index < -0.39 is 12.1 Å². The van der Waals surface area contributed by atoms with Gasteiger partial charge in [0.05, 0.1) is 0 Å². The third-order valence-corrected chi connectivity index (χ3v) is 3.34. The first-order valence-corrected chi connectivity index (χ1v) is 6.93. The molecule has 20 heavy (non-hydrogen) atoms. The Morgan fingerprint density at radius 1 is 1.35 bits per heavy atom. The number of carbonyl (C=O) groups excluding carboxylic acids is 2. The lowest BCUT2D eigenvalue weighted by atomic mass is 10.1. The number of benzene rings is 1. The van der Waals surface area contributed by atoms with Crippen LogP contribution in [0.2, 0.25) is 0 Å². The fourth-order valence-electron chi connectivity index (χ4n) is 2.22. The maximum atomic E-state index is 11.9. The third-order valence-electron chi connectivity index (χ3n) is 3.34. The molecule has 0 aliphatic carbocycles. The molecule has 1 heterocycles. The predicted octanol–water partition coefficient (Wildman–Crippen LogP) is 1.97. The highest BCUT2D eigenvalue weighted by Gasteiger charge is 2.25. The Balaban J connectivity index is 1.80. The van der Waals surface area contributed by atoms with Gasteiger partial charge in [-0.2, -0.15) is 0 Å². The first-order valence-electron chi connectivity index (χ1n) is 6.93. The molecule has 0 radical (unpaired) electrons. The number of ether oxygens (including phenoxy) is 1. The van der Waals surface area contributed by atoms with Gasteiger partial charge in [-0.05, 0) is 31.7 Å². The summed E-state index contributed by atoms with van der Waals surface area (Å²) in [5.74, 6) is -0.133. The van der Waals surface area contributed by atoms with Crippen molar-refractivity contribution in [1.82, 2.24) is 10.6 Å². The number of nitrogens with one attached hydrogen (secondary N) is 2. The van der Waals surface area contributed by atoms with Gasteiger partial charge in [0.2, 0.25) is 5.91 Å². The fourth-order valence-corrected chi connectivity index (χ4v) is 2.22. The van der Waals surface area contributed by atoms with Gasteiger partial charge in [-0.3, -0.25) is 4.79 Å². The average molecular weight is 276 g/mol. The first kappa shape index (κ1) is 14.4. The topological polar surface area (TPSA) is 67.4 Å². The molecule has 1 aliphatic rings. The van der Waals surface area contributed by atoms with Gasteiger partial charge in [-0.1, -0.05) is 30.3 Å². The van der Waals surface area contributed by atoms with Gasteiger partial charge in [-0.15, -0.1) is 0 Å². The molecule has 1 saturated heterocycles. The van der Waals surface area contributed by atoms with Gasteiger partial charge in [-0.25, -0.2) is 4.79 Å². The van der Waals surface area contributed by atoms with Gasteiger partial charge in [0, 0.05) is 6.04 Å². The van der Waals surface area contributed by atoms with E-state index >= 15 is 0 Å². The number of alkyl carbamates (subject to hydrolysis) is 1. The van der Waals surface area contributed by atoms with E-state index in [9.17, 15) is 9.59 Å². The molecule has 0 spiro atoms. The van der Waals surface area contributed by atoms with E-state index in [1.165, 1.54) is 0 Å². The Bertz CT molecular complexity index is 461. The summed E-state index contributed by atoms with van der Waals surface area (Å²) in [7, 11) is 0. The molecule has 1 aliphatic heterocycles. The number of carbonyl (C=O) groups is 2. The second-order valence-electron chi connectivity index (χ2n) is 5.10. The highest BCUT2D eigenvalue weighted by atomic mass is 16.5. The van der Waals surface area contributed by atoms with Crippen LogP contribution < -0.4 is 10.6 Å².